The number of hydrogen-bond donors (Lipinski definition) is 0. The summed E-state index contributed by atoms with van der Waals surface area (Å²) >= 11 is 0. The van der Waals surface area contributed by atoms with Gasteiger partial charge in [-0.25, -0.2) is 9.36 Å². The summed E-state index contributed by atoms with van der Waals surface area (Å²) < 4.78 is 3.16. The highest BCUT2D eigenvalue weighted by atomic mass is 16.6. The zero-order valence-corrected chi connectivity index (χ0v) is 10.6. The molecule has 0 aliphatic rings. The van der Waals surface area contributed by atoms with Crippen molar-refractivity contribution in [2.75, 3.05) is 0 Å². The molecule has 96 valence electrons. The first kappa shape index (κ1) is 12.3. The Balaban J connectivity index is 2.64. The summed E-state index contributed by atoms with van der Waals surface area (Å²) in [4.78, 5) is 10.7. The maximum atomic E-state index is 11.2. The molecule has 0 saturated carbocycles. The van der Waals surface area contributed by atoms with Crippen LogP contribution in [0.3, 0.4) is 0 Å². The maximum Gasteiger partial charge on any atom is 0.336 e. The summed E-state index contributed by atoms with van der Waals surface area (Å²) in [7, 11) is 0. The minimum absolute atomic E-state index is 0.0200. The van der Waals surface area contributed by atoms with Gasteiger partial charge >= 0.3 is 5.69 Å². The van der Waals surface area contributed by atoms with Crippen LogP contribution in [0.15, 0.2) is 12.3 Å². The van der Waals surface area contributed by atoms with Gasteiger partial charge < -0.3 is 0 Å². The quantitative estimate of drug-likeness (QED) is 0.613. The predicted octanol–water partition coefficient (Wildman–Crippen LogP) is 2.00. The minimum Gasteiger partial charge on any atom is -0.258 e. The van der Waals surface area contributed by atoms with Gasteiger partial charge in [-0.3, -0.25) is 10.1 Å². The van der Waals surface area contributed by atoms with Gasteiger partial charge in [0.2, 0.25) is 5.82 Å². The van der Waals surface area contributed by atoms with E-state index in [4.69, 9.17) is 0 Å². The summed E-state index contributed by atoms with van der Waals surface area (Å²) in [5.74, 6) is 0.424. The third-order valence-electron chi connectivity index (χ3n) is 2.63. The van der Waals surface area contributed by atoms with Gasteiger partial charge in [0.1, 0.15) is 5.69 Å². The molecule has 2 aromatic rings. The van der Waals surface area contributed by atoms with E-state index in [1.54, 1.807) is 17.8 Å². The molecule has 0 fully saturated rings. The van der Waals surface area contributed by atoms with Crippen molar-refractivity contribution in [3.05, 3.63) is 33.8 Å². The van der Waals surface area contributed by atoms with Gasteiger partial charge in [0.25, 0.3) is 0 Å². The Labute approximate surface area is 104 Å². The molecule has 7 nitrogen and oxygen atoms in total. The lowest BCUT2D eigenvalue weighted by Crippen LogP contribution is -2.09. The van der Waals surface area contributed by atoms with E-state index in [0.717, 1.165) is 12.1 Å². The summed E-state index contributed by atoms with van der Waals surface area (Å²) in [5, 5.41) is 19.6. The number of aromatic nitrogens is 4. The summed E-state index contributed by atoms with van der Waals surface area (Å²) in [6.45, 7) is 6.11. The Kier molecular flexibility index (Phi) is 3.14. The van der Waals surface area contributed by atoms with Crippen LogP contribution in [-0.2, 0) is 6.54 Å². The van der Waals surface area contributed by atoms with Crippen LogP contribution in [0, 0.1) is 24.0 Å². The van der Waals surface area contributed by atoms with Crippen molar-refractivity contribution in [2.24, 2.45) is 0 Å². The number of rotatable bonds is 4. The fourth-order valence-corrected chi connectivity index (χ4v) is 1.90. The third kappa shape index (κ3) is 1.99. The molecule has 0 radical (unpaired) electrons. The summed E-state index contributed by atoms with van der Waals surface area (Å²) in [5.41, 5.74) is 1.24. The van der Waals surface area contributed by atoms with Crippen molar-refractivity contribution in [1.82, 2.24) is 19.6 Å². The molecule has 0 aliphatic heterocycles. The normalized spacial score (nSPS) is 10.8. The fraction of sp³-hybridized carbons (Fsp3) is 0.455. The molecule has 0 saturated heterocycles. The molecule has 2 rings (SSSR count). The lowest BCUT2D eigenvalue weighted by molar-refractivity contribution is -0.385. The van der Waals surface area contributed by atoms with E-state index in [1.807, 2.05) is 19.9 Å². The molecule has 0 bridgehead atoms. The van der Waals surface area contributed by atoms with Crippen LogP contribution in [0.1, 0.15) is 24.7 Å². The topological polar surface area (TPSA) is 78.8 Å². The predicted molar refractivity (Wildman–Crippen MR) is 65.8 cm³/mol. The maximum absolute atomic E-state index is 11.2. The zero-order valence-electron chi connectivity index (χ0n) is 10.6. The van der Waals surface area contributed by atoms with Crippen molar-refractivity contribution in [3.63, 3.8) is 0 Å². The highest BCUT2D eigenvalue weighted by molar-refractivity contribution is 5.50. The fourth-order valence-electron chi connectivity index (χ4n) is 1.90. The second-order valence-electron chi connectivity index (χ2n) is 4.14. The Morgan fingerprint density at radius 2 is 2.11 bits per heavy atom. The first-order chi connectivity index (χ1) is 8.54. The number of nitro groups is 1. The highest BCUT2D eigenvalue weighted by Crippen LogP contribution is 2.26. The van der Waals surface area contributed by atoms with Crippen molar-refractivity contribution in [1.29, 1.82) is 0 Å². The van der Waals surface area contributed by atoms with Crippen LogP contribution in [0.25, 0.3) is 5.82 Å². The van der Waals surface area contributed by atoms with Crippen molar-refractivity contribution in [3.8, 4) is 5.82 Å². The largest absolute Gasteiger partial charge is 0.336 e. The van der Waals surface area contributed by atoms with Crippen LogP contribution >= 0.6 is 0 Å². The first-order valence-corrected chi connectivity index (χ1v) is 5.79. The SMILES string of the molecule is CCCn1nc(C)c([N+](=O)[O-])c1-n1ccc(C)n1. The van der Waals surface area contributed by atoms with Crippen LogP contribution in [0.4, 0.5) is 5.69 Å². The smallest absolute Gasteiger partial charge is 0.258 e. The molecule has 0 N–H and O–H groups in total. The van der Waals surface area contributed by atoms with E-state index in [2.05, 4.69) is 10.2 Å². The molecule has 0 aromatic carbocycles. The number of nitrogens with zero attached hydrogens (tertiary/aromatic N) is 5. The first-order valence-electron chi connectivity index (χ1n) is 5.79. The van der Waals surface area contributed by atoms with Gasteiger partial charge in [-0.15, -0.1) is 0 Å². The Morgan fingerprint density at radius 1 is 1.39 bits per heavy atom. The third-order valence-corrected chi connectivity index (χ3v) is 2.63. The molecule has 18 heavy (non-hydrogen) atoms. The van der Waals surface area contributed by atoms with Gasteiger partial charge in [-0.1, -0.05) is 6.92 Å². The van der Waals surface area contributed by atoms with Crippen LogP contribution < -0.4 is 0 Å². The van der Waals surface area contributed by atoms with E-state index in [1.165, 1.54) is 4.68 Å². The van der Waals surface area contributed by atoms with Gasteiger partial charge in [0, 0.05) is 12.7 Å². The average Bonchev–Trinajstić information content (AvgIpc) is 2.83. The molecule has 0 unspecified atom stereocenters. The van der Waals surface area contributed by atoms with E-state index in [-0.39, 0.29) is 5.69 Å². The minimum atomic E-state index is -0.402. The standard InChI is InChI=1S/C11H15N5O2/c1-4-6-14-11(15-7-5-8(2)12-15)10(16(17)18)9(3)13-14/h5,7H,4,6H2,1-3H3. The molecule has 0 aliphatic carbocycles. The molecular weight excluding hydrogens is 234 g/mol. The van der Waals surface area contributed by atoms with Crippen molar-refractivity contribution < 1.29 is 4.92 Å². The summed E-state index contributed by atoms with van der Waals surface area (Å²) in [6.07, 6.45) is 2.57. The van der Waals surface area contributed by atoms with E-state index >= 15 is 0 Å². The number of aryl methyl sites for hydroxylation is 3. The lowest BCUT2D eigenvalue weighted by Gasteiger charge is -2.04. The van der Waals surface area contributed by atoms with Gasteiger partial charge in [0.05, 0.1) is 10.6 Å². The molecular formula is C11H15N5O2. The molecule has 0 spiro atoms. The lowest BCUT2D eigenvalue weighted by atomic mass is 10.4. The monoisotopic (exact) mass is 249 g/mol. The highest BCUT2D eigenvalue weighted by Gasteiger charge is 2.26. The molecule has 2 heterocycles. The Bertz CT molecular complexity index is 584. The molecule has 7 heteroatoms. The zero-order chi connectivity index (χ0) is 13.3. The second-order valence-corrected chi connectivity index (χ2v) is 4.14. The van der Waals surface area contributed by atoms with Crippen LogP contribution in [0.5, 0.6) is 0 Å². The second kappa shape index (κ2) is 4.59. The Hall–Kier alpha value is -2.18. The van der Waals surface area contributed by atoms with E-state index in [9.17, 15) is 10.1 Å². The molecule has 2 aromatic heterocycles. The van der Waals surface area contributed by atoms with Crippen LogP contribution in [-0.4, -0.2) is 24.5 Å². The van der Waals surface area contributed by atoms with E-state index < -0.39 is 4.92 Å². The van der Waals surface area contributed by atoms with Gasteiger partial charge in [0.15, 0.2) is 0 Å². The van der Waals surface area contributed by atoms with E-state index in [0.29, 0.717) is 18.1 Å². The van der Waals surface area contributed by atoms with Gasteiger partial charge in [-0.2, -0.15) is 10.2 Å². The van der Waals surface area contributed by atoms with Crippen LogP contribution in [0.2, 0.25) is 0 Å². The van der Waals surface area contributed by atoms with Gasteiger partial charge in [-0.05, 0) is 26.3 Å². The van der Waals surface area contributed by atoms with Crippen molar-refractivity contribution in [2.45, 2.75) is 33.7 Å². The summed E-state index contributed by atoms with van der Waals surface area (Å²) in [6, 6.07) is 1.81. The molecule has 0 amide bonds. The molecule has 0 atom stereocenters. The number of hydrogen-bond acceptors (Lipinski definition) is 4. The Morgan fingerprint density at radius 3 is 2.61 bits per heavy atom. The van der Waals surface area contributed by atoms with Crippen molar-refractivity contribution >= 4 is 5.69 Å². The average molecular weight is 249 g/mol.